The lowest BCUT2D eigenvalue weighted by Crippen LogP contribution is -2.45. The number of benzene rings is 1. The number of hydrogen-bond acceptors (Lipinski definition) is 5. The Hall–Kier alpha value is -2.35. The molecule has 1 aliphatic heterocycles. The van der Waals surface area contributed by atoms with Crippen molar-refractivity contribution in [3.05, 3.63) is 42.2 Å². The van der Waals surface area contributed by atoms with Gasteiger partial charge in [-0.25, -0.2) is 9.97 Å². The Kier molecular flexibility index (Phi) is 4.80. The summed E-state index contributed by atoms with van der Waals surface area (Å²) in [7, 11) is 0. The fraction of sp³-hybridized carbons (Fsp3) is 0.412. The molecular formula is C17H19F3N4O. The van der Waals surface area contributed by atoms with E-state index in [1.807, 2.05) is 26.0 Å². The van der Waals surface area contributed by atoms with E-state index in [0.29, 0.717) is 5.69 Å². The highest BCUT2D eigenvalue weighted by Crippen LogP contribution is 2.28. The van der Waals surface area contributed by atoms with Gasteiger partial charge in [0, 0.05) is 30.7 Å². The predicted molar refractivity (Wildman–Crippen MR) is 89.0 cm³/mol. The quantitative estimate of drug-likeness (QED) is 0.909. The van der Waals surface area contributed by atoms with Crippen molar-refractivity contribution in [2.45, 2.75) is 32.2 Å². The summed E-state index contributed by atoms with van der Waals surface area (Å²) in [6.45, 7) is 5.66. The molecule has 1 aromatic carbocycles. The summed E-state index contributed by atoms with van der Waals surface area (Å²) >= 11 is 0. The molecule has 0 spiro atoms. The Balaban J connectivity index is 1.71. The van der Waals surface area contributed by atoms with Crippen LogP contribution < -0.4 is 10.2 Å². The van der Waals surface area contributed by atoms with Crippen molar-refractivity contribution < 1.29 is 17.9 Å². The summed E-state index contributed by atoms with van der Waals surface area (Å²) in [4.78, 5) is 9.55. The zero-order valence-corrected chi connectivity index (χ0v) is 13.9. The predicted octanol–water partition coefficient (Wildman–Crippen LogP) is 3.85. The number of anilines is 3. The Morgan fingerprint density at radius 3 is 2.32 bits per heavy atom. The van der Waals surface area contributed by atoms with Crippen molar-refractivity contribution in [1.29, 1.82) is 0 Å². The minimum atomic E-state index is -4.49. The Labute approximate surface area is 143 Å². The monoisotopic (exact) mass is 352 g/mol. The van der Waals surface area contributed by atoms with Gasteiger partial charge in [-0.1, -0.05) is 0 Å². The molecule has 2 aromatic rings. The van der Waals surface area contributed by atoms with Gasteiger partial charge in [-0.2, -0.15) is 13.2 Å². The van der Waals surface area contributed by atoms with Gasteiger partial charge in [0.2, 0.25) is 5.95 Å². The van der Waals surface area contributed by atoms with Crippen LogP contribution in [0.25, 0.3) is 0 Å². The molecular weight excluding hydrogens is 333 g/mol. The molecule has 2 heterocycles. The van der Waals surface area contributed by atoms with Crippen LogP contribution in [0.5, 0.6) is 0 Å². The zero-order chi connectivity index (χ0) is 18.0. The maximum atomic E-state index is 12.7. The highest BCUT2D eigenvalue weighted by atomic mass is 19.4. The van der Waals surface area contributed by atoms with Gasteiger partial charge in [0.1, 0.15) is 5.69 Å². The SMILES string of the molecule is C[C@H]1CN(c2ccc(Nc3nccc(C(F)(F)F)n3)cc2)C[C@H](C)O1. The number of nitrogens with zero attached hydrogens (tertiary/aromatic N) is 3. The molecule has 3 rings (SSSR count). The molecule has 25 heavy (non-hydrogen) atoms. The minimum absolute atomic E-state index is 0.0869. The molecule has 1 aliphatic rings. The molecule has 134 valence electrons. The largest absolute Gasteiger partial charge is 0.433 e. The van der Waals surface area contributed by atoms with Crippen LogP contribution in [0.3, 0.4) is 0 Å². The van der Waals surface area contributed by atoms with Crippen molar-refractivity contribution in [1.82, 2.24) is 9.97 Å². The fourth-order valence-corrected chi connectivity index (χ4v) is 2.85. The van der Waals surface area contributed by atoms with Crippen molar-refractivity contribution in [3.63, 3.8) is 0 Å². The number of rotatable bonds is 3. The van der Waals surface area contributed by atoms with Crippen LogP contribution in [0, 0.1) is 0 Å². The normalized spacial score (nSPS) is 21.2. The van der Waals surface area contributed by atoms with E-state index in [2.05, 4.69) is 20.2 Å². The van der Waals surface area contributed by atoms with E-state index in [4.69, 9.17) is 4.74 Å². The van der Waals surface area contributed by atoms with E-state index in [1.165, 1.54) is 0 Å². The number of ether oxygens (including phenoxy) is 1. The number of hydrogen-bond donors (Lipinski definition) is 1. The molecule has 0 unspecified atom stereocenters. The van der Waals surface area contributed by atoms with Crippen LogP contribution in [-0.4, -0.2) is 35.3 Å². The molecule has 0 amide bonds. The highest BCUT2D eigenvalue weighted by Gasteiger charge is 2.32. The number of nitrogens with one attached hydrogen (secondary N) is 1. The van der Waals surface area contributed by atoms with Crippen molar-refractivity contribution in [2.24, 2.45) is 0 Å². The van der Waals surface area contributed by atoms with Crippen LogP contribution in [0.1, 0.15) is 19.5 Å². The summed E-state index contributed by atoms with van der Waals surface area (Å²) in [5.74, 6) is -0.0869. The summed E-state index contributed by atoms with van der Waals surface area (Å²) < 4.78 is 43.8. The molecule has 8 heteroatoms. The summed E-state index contributed by atoms with van der Waals surface area (Å²) in [6, 6.07) is 8.27. The van der Waals surface area contributed by atoms with Gasteiger partial charge in [0.15, 0.2) is 0 Å². The van der Waals surface area contributed by atoms with Gasteiger partial charge < -0.3 is 15.0 Å². The average Bonchev–Trinajstić information content (AvgIpc) is 2.54. The molecule has 1 aromatic heterocycles. The first kappa shape index (κ1) is 17.5. The third kappa shape index (κ3) is 4.39. The third-order valence-corrected chi connectivity index (χ3v) is 3.85. The summed E-state index contributed by atoms with van der Waals surface area (Å²) in [6.07, 6.45) is -3.10. The standard InChI is InChI=1S/C17H19F3N4O/c1-11-9-24(10-12(2)25-11)14-5-3-13(4-6-14)22-16-21-8-7-15(23-16)17(18,19)20/h3-8,11-12H,9-10H2,1-2H3,(H,21,22,23)/t11-,12-/m0/s1. The summed E-state index contributed by atoms with van der Waals surface area (Å²) in [5, 5.41) is 2.80. The van der Waals surface area contributed by atoms with E-state index < -0.39 is 11.9 Å². The first-order valence-corrected chi connectivity index (χ1v) is 7.99. The molecule has 1 saturated heterocycles. The average molecular weight is 352 g/mol. The lowest BCUT2D eigenvalue weighted by atomic mass is 10.2. The van der Waals surface area contributed by atoms with Gasteiger partial charge in [-0.15, -0.1) is 0 Å². The minimum Gasteiger partial charge on any atom is -0.372 e. The lowest BCUT2D eigenvalue weighted by Gasteiger charge is -2.36. The number of aromatic nitrogens is 2. The first-order chi connectivity index (χ1) is 11.8. The second-order valence-corrected chi connectivity index (χ2v) is 6.10. The van der Waals surface area contributed by atoms with Crippen molar-refractivity contribution in [2.75, 3.05) is 23.3 Å². The molecule has 0 bridgehead atoms. The summed E-state index contributed by atoms with van der Waals surface area (Å²) in [5.41, 5.74) is 0.688. The smallest absolute Gasteiger partial charge is 0.372 e. The van der Waals surface area contributed by atoms with Crippen molar-refractivity contribution in [3.8, 4) is 0 Å². The zero-order valence-electron chi connectivity index (χ0n) is 13.9. The van der Waals surface area contributed by atoms with E-state index >= 15 is 0 Å². The van der Waals surface area contributed by atoms with E-state index in [1.54, 1.807) is 12.1 Å². The Morgan fingerprint density at radius 2 is 1.72 bits per heavy atom. The molecule has 5 nitrogen and oxygen atoms in total. The van der Waals surface area contributed by atoms with Crippen LogP contribution in [-0.2, 0) is 10.9 Å². The molecule has 2 atom stereocenters. The first-order valence-electron chi connectivity index (χ1n) is 7.99. The van der Waals surface area contributed by atoms with E-state index in [-0.39, 0.29) is 18.2 Å². The number of halogens is 3. The van der Waals surface area contributed by atoms with Gasteiger partial charge in [0.05, 0.1) is 12.2 Å². The van der Waals surface area contributed by atoms with Gasteiger partial charge in [0.25, 0.3) is 0 Å². The maximum Gasteiger partial charge on any atom is 0.433 e. The van der Waals surface area contributed by atoms with Gasteiger partial charge in [-0.05, 0) is 44.2 Å². The number of alkyl halides is 3. The number of morpholine rings is 1. The highest BCUT2D eigenvalue weighted by molar-refractivity contribution is 5.59. The Morgan fingerprint density at radius 1 is 1.08 bits per heavy atom. The molecule has 1 N–H and O–H groups in total. The second kappa shape index (κ2) is 6.87. The van der Waals surface area contributed by atoms with Crippen LogP contribution in [0.2, 0.25) is 0 Å². The second-order valence-electron chi connectivity index (χ2n) is 6.10. The fourth-order valence-electron chi connectivity index (χ4n) is 2.85. The van der Waals surface area contributed by atoms with Gasteiger partial charge in [-0.3, -0.25) is 0 Å². The van der Waals surface area contributed by atoms with Crippen LogP contribution in [0.4, 0.5) is 30.5 Å². The van der Waals surface area contributed by atoms with Crippen LogP contribution >= 0.6 is 0 Å². The van der Waals surface area contributed by atoms with Crippen molar-refractivity contribution >= 4 is 17.3 Å². The maximum absolute atomic E-state index is 12.7. The molecule has 1 fully saturated rings. The van der Waals surface area contributed by atoms with Gasteiger partial charge >= 0.3 is 6.18 Å². The lowest BCUT2D eigenvalue weighted by molar-refractivity contribution is -0.141. The Bertz CT molecular complexity index is 711. The van der Waals surface area contributed by atoms with Crippen LogP contribution in [0.15, 0.2) is 36.5 Å². The van der Waals surface area contributed by atoms with E-state index in [0.717, 1.165) is 31.0 Å². The molecule has 0 aliphatic carbocycles. The molecule has 0 saturated carbocycles. The third-order valence-electron chi connectivity index (χ3n) is 3.85. The molecule has 0 radical (unpaired) electrons. The topological polar surface area (TPSA) is 50.3 Å². The van der Waals surface area contributed by atoms with E-state index in [9.17, 15) is 13.2 Å².